The van der Waals surface area contributed by atoms with Crippen LogP contribution in [0.25, 0.3) is 11.1 Å². The van der Waals surface area contributed by atoms with Crippen molar-refractivity contribution in [2.45, 2.75) is 18.1 Å². The van der Waals surface area contributed by atoms with E-state index in [2.05, 4.69) is 21.7 Å². The lowest BCUT2D eigenvalue weighted by Gasteiger charge is -2.17. The molecule has 3 fully saturated rings. The van der Waals surface area contributed by atoms with Crippen LogP contribution in [0.15, 0.2) is 42.7 Å². The molecule has 1 aromatic heterocycles. The van der Waals surface area contributed by atoms with E-state index in [1.165, 1.54) is 23.0 Å². The summed E-state index contributed by atoms with van der Waals surface area (Å²) in [4.78, 5) is 13.5. The number of carbonyl (C=O) groups is 1. The highest BCUT2D eigenvalue weighted by Gasteiger charge is 2.68. The van der Waals surface area contributed by atoms with E-state index in [0.29, 0.717) is 13.1 Å². The van der Waals surface area contributed by atoms with Gasteiger partial charge in [-0.3, -0.25) is 4.90 Å². The predicted molar refractivity (Wildman–Crippen MR) is 117 cm³/mol. The number of halogens is 3. The average Bonchev–Trinajstić information content (AvgIpc) is 3.35. The maximum absolute atomic E-state index is 15.1. The van der Waals surface area contributed by atoms with Gasteiger partial charge in [-0.25, -0.2) is 22.6 Å². The van der Waals surface area contributed by atoms with Gasteiger partial charge in [-0.05, 0) is 23.8 Å². The minimum absolute atomic E-state index is 0.00586. The Kier molecular flexibility index (Phi) is 4.82. The predicted octanol–water partition coefficient (Wildman–Crippen LogP) is 3.00. The standard InChI is InChI=1S/C24H19F3N6O2/c25-19-5-13(1-2-16(19)24(12-28)17-8-29-9-18(17)24)22-20(26)6-14(7-21(22)27)33-11-15(35-23(33)34)10-32-4-3-30-31-32/h1-7,15,17-18,29H,8-11H2/t15-,17-,18+,24+/m0/s1. The van der Waals surface area contributed by atoms with E-state index < -0.39 is 40.6 Å². The summed E-state index contributed by atoms with van der Waals surface area (Å²) in [5.41, 5.74) is -1.04. The van der Waals surface area contributed by atoms with Crippen LogP contribution in [0.3, 0.4) is 0 Å². The fraction of sp³-hybridized carbons (Fsp3) is 0.333. The van der Waals surface area contributed by atoms with Gasteiger partial charge in [0.05, 0.1) is 42.0 Å². The molecule has 0 radical (unpaired) electrons. The molecular formula is C24H19F3N6O2. The number of aromatic nitrogens is 3. The molecule has 0 unspecified atom stereocenters. The quantitative estimate of drug-likeness (QED) is 0.603. The first-order valence-electron chi connectivity index (χ1n) is 11.2. The number of carbonyl (C=O) groups excluding carboxylic acids is 1. The van der Waals surface area contributed by atoms with Gasteiger partial charge in [-0.2, -0.15) is 5.26 Å². The van der Waals surface area contributed by atoms with E-state index in [4.69, 9.17) is 4.74 Å². The molecule has 8 nitrogen and oxygen atoms in total. The van der Waals surface area contributed by atoms with Crippen molar-refractivity contribution in [3.8, 4) is 17.2 Å². The number of hydrogen-bond donors (Lipinski definition) is 1. The van der Waals surface area contributed by atoms with Crippen LogP contribution < -0.4 is 10.2 Å². The Morgan fingerprint density at radius 3 is 2.51 bits per heavy atom. The van der Waals surface area contributed by atoms with Gasteiger partial charge in [0.25, 0.3) is 0 Å². The number of hydrogen-bond acceptors (Lipinski definition) is 6. The van der Waals surface area contributed by atoms with Crippen molar-refractivity contribution in [2.24, 2.45) is 11.8 Å². The molecule has 0 spiro atoms. The Hall–Kier alpha value is -3.91. The van der Waals surface area contributed by atoms with Crippen LogP contribution in [0.2, 0.25) is 0 Å². The maximum atomic E-state index is 15.1. The SMILES string of the molecule is N#C[C@]1(c2ccc(-c3c(F)cc(N4C[C@H](Cn5ccnn5)OC4=O)cc3F)cc2F)[C@@H]2CNC[C@@H]21. The zero-order valence-corrected chi connectivity index (χ0v) is 18.3. The Balaban J connectivity index is 1.26. The number of cyclic esters (lactones) is 1. The van der Waals surface area contributed by atoms with Crippen molar-refractivity contribution in [1.29, 1.82) is 5.26 Å². The molecule has 0 bridgehead atoms. The number of piperidine rings is 1. The van der Waals surface area contributed by atoms with Crippen LogP contribution in [0.4, 0.5) is 23.7 Å². The van der Waals surface area contributed by atoms with E-state index in [0.717, 1.165) is 23.1 Å². The topological polar surface area (TPSA) is 96.1 Å². The fourth-order valence-corrected chi connectivity index (χ4v) is 5.53. The molecule has 3 aromatic rings. The number of anilines is 1. The Morgan fingerprint density at radius 2 is 1.89 bits per heavy atom. The molecule has 11 heteroatoms. The molecule has 2 aromatic carbocycles. The number of fused-ring (bicyclic) bond motifs is 1. The van der Waals surface area contributed by atoms with Crippen molar-refractivity contribution in [3.05, 3.63) is 65.7 Å². The Bertz CT molecular complexity index is 1340. The summed E-state index contributed by atoms with van der Waals surface area (Å²) in [6.07, 6.45) is 1.80. The van der Waals surface area contributed by atoms with Crippen LogP contribution in [-0.4, -0.2) is 46.8 Å². The van der Waals surface area contributed by atoms with Gasteiger partial charge in [0.1, 0.15) is 23.6 Å². The van der Waals surface area contributed by atoms with Gasteiger partial charge in [0, 0.05) is 36.7 Å². The van der Waals surface area contributed by atoms with Gasteiger partial charge in [-0.1, -0.05) is 17.3 Å². The zero-order valence-electron chi connectivity index (χ0n) is 18.3. The van der Waals surface area contributed by atoms with Gasteiger partial charge in [-0.15, -0.1) is 5.10 Å². The lowest BCUT2D eigenvalue weighted by molar-refractivity contribution is 0.129. The monoisotopic (exact) mass is 480 g/mol. The molecule has 4 atom stereocenters. The van der Waals surface area contributed by atoms with Crippen LogP contribution in [0.1, 0.15) is 5.56 Å². The first-order valence-corrected chi connectivity index (χ1v) is 11.2. The second-order valence-electron chi connectivity index (χ2n) is 9.07. The fourth-order valence-electron chi connectivity index (χ4n) is 5.53. The molecule has 3 aliphatic rings. The first-order chi connectivity index (χ1) is 16.9. The molecule has 35 heavy (non-hydrogen) atoms. The largest absolute Gasteiger partial charge is 0.442 e. The summed E-state index contributed by atoms with van der Waals surface area (Å²) in [6.45, 7) is 1.61. The van der Waals surface area contributed by atoms with E-state index in [1.807, 2.05) is 0 Å². The smallest absolute Gasteiger partial charge is 0.414 e. The van der Waals surface area contributed by atoms with Crippen LogP contribution in [-0.2, 0) is 16.7 Å². The minimum atomic E-state index is -0.942. The van der Waals surface area contributed by atoms with Crippen molar-refractivity contribution < 1.29 is 22.7 Å². The van der Waals surface area contributed by atoms with Gasteiger partial charge in [0.2, 0.25) is 0 Å². The Morgan fingerprint density at radius 1 is 1.14 bits per heavy atom. The van der Waals surface area contributed by atoms with Crippen molar-refractivity contribution in [3.63, 3.8) is 0 Å². The summed E-state index contributed by atoms with van der Waals surface area (Å²) in [5.74, 6) is -2.48. The van der Waals surface area contributed by atoms with E-state index in [1.54, 1.807) is 6.20 Å². The highest BCUT2D eigenvalue weighted by atomic mass is 19.1. The first kappa shape index (κ1) is 21.6. The molecule has 1 N–H and O–H groups in total. The number of rotatable bonds is 5. The zero-order chi connectivity index (χ0) is 24.3. The van der Waals surface area contributed by atoms with E-state index in [-0.39, 0.29) is 41.7 Å². The molecule has 178 valence electrons. The normalized spacial score (nSPS) is 27.0. The molecule has 2 aliphatic heterocycles. The summed E-state index contributed by atoms with van der Waals surface area (Å²) < 4.78 is 52.1. The lowest BCUT2D eigenvalue weighted by atomic mass is 9.89. The molecule has 1 amide bonds. The number of ether oxygens (including phenoxy) is 1. The molecule has 6 rings (SSSR count). The van der Waals surface area contributed by atoms with Crippen molar-refractivity contribution in [1.82, 2.24) is 20.3 Å². The van der Waals surface area contributed by atoms with Crippen molar-refractivity contribution in [2.75, 3.05) is 24.5 Å². The van der Waals surface area contributed by atoms with Crippen LogP contribution in [0.5, 0.6) is 0 Å². The molecule has 2 saturated heterocycles. The lowest BCUT2D eigenvalue weighted by Crippen LogP contribution is -2.26. The summed E-state index contributed by atoms with van der Waals surface area (Å²) in [6, 6.07) is 8.26. The maximum Gasteiger partial charge on any atom is 0.414 e. The highest BCUT2D eigenvalue weighted by molar-refractivity contribution is 5.90. The number of nitriles is 1. The van der Waals surface area contributed by atoms with Gasteiger partial charge < -0.3 is 10.1 Å². The van der Waals surface area contributed by atoms with Crippen LogP contribution >= 0.6 is 0 Å². The van der Waals surface area contributed by atoms with Crippen molar-refractivity contribution >= 4 is 11.8 Å². The van der Waals surface area contributed by atoms with E-state index >= 15 is 13.2 Å². The average molecular weight is 480 g/mol. The molecule has 1 saturated carbocycles. The number of nitrogens with one attached hydrogen (secondary N) is 1. The second kappa shape index (κ2) is 7.81. The number of benzene rings is 2. The summed E-state index contributed by atoms with van der Waals surface area (Å²) >= 11 is 0. The third-order valence-electron chi connectivity index (χ3n) is 7.24. The number of amides is 1. The van der Waals surface area contributed by atoms with Gasteiger partial charge in [0.15, 0.2) is 0 Å². The molecule has 1 aliphatic carbocycles. The second-order valence-corrected chi connectivity index (χ2v) is 9.07. The molecular weight excluding hydrogens is 461 g/mol. The van der Waals surface area contributed by atoms with Crippen LogP contribution in [0, 0.1) is 40.6 Å². The van der Waals surface area contributed by atoms with Gasteiger partial charge >= 0.3 is 6.09 Å². The summed E-state index contributed by atoms with van der Waals surface area (Å²) in [7, 11) is 0. The highest BCUT2D eigenvalue weighted by Crippen LogP contribution is 2.61. The Labute approximate surface area is 197 Å². The number of nitrogens with zero attached hydrogens (tertiary/aromatic N) is 5. The van der Waals surface area contributed by atoms with E-state index in [9.17, 15) is 10.1 Å². The summed E-state index contributed by atoms with van der Waals surface area (Å²) in [5, 5.41) is 20.4. The molecule has 3 heterocycles. The third kappa shape index (κ3) is 3.28. The third-order valence-corrected chi connectivity index (χ3v) is 7.24. The minimum Gasteiger partial charge on any atom is -0.442 e.